The minimum atomic E-state index is -4.80. The van der Waals surface area contributed by atoms with E-state index in [1.807, 2.05) is 0 Å². The number of aliphatic hydroxyl groups excluding tert-OH is 4. The molecule has 0 aliphatic rings. The Hall–Kier alpha value is 0.911. The molecule has 24 heavy (non-hydrogen) atoms. The molecule has 0 aromatic heterocycles. The van der Waals surface area contributed by atoms with Crippen molar-refractivity contribution in [2.75, 3.05) is 6.61 Å². The predicted molar refractivity (Wildman–Crippen MR) is 79.1 cm³/mol. The average molecular weight is 524 g/mol. The summed E-state index contributed by atoms with van der Waals surface area (Å²) in [6.45, 7) is -0.964. The van der Waals surface area contributed by atoms with Crippen LogP contribution in [0, 0.1) is 0 Å². The van der Waals surface area contributed by atoms with E-state index in [-0.39, 0.29) is 93.5 Å². The minimum Gasteiger partial charge on any atom is -0.412 e. The molecule has 0 aromatic carbocycles. The van der Waals surface area contributed by atoms with E-state index in [4.69, 9.17) is 30.2 Å². The number of aldehydes is 1. The molecule has 0 bridgehead atoms. The number of aliphatic hydroxyl groups is 4. The summed E-state index contributed by atoms with van der Waals surface area (Å²) < 4.78 is 14.1. The summed E-state index contributed by atoms with van der Waals surface area (Å²) in [7, 11) is -4.80. The number of carbonyl (C=O) groups is 1. The van der Waals surface area contributed by atoms with Crippen LogP contribution in [-0.4, -0.2) is 155 Å². The van der Waals surface area contributed by atoms with Gasteiger partial charge in [-0.15, -0.1) is 0 Å². The number of carbonyl (C=O) groups excluding carboxylic acids is 1. The Morgan fingerprint density at radius 2 is 1.17 bits per heavy atom. The van der Waals surface area contributed by atoms with Crippen LogP contribution >= 0.6 is 7.82 Å². The molecule has 0 heterocycles. The Morgan fingerprint density at radius 1 is 0.833 bits per heavy atom. The summed E-state index contributed by atoms with van der Waals surface area (Å²) in [6.07, 6.45) is -7.80. The quantitative estimate of drug-likeness (QED) is 0.104. The molecule has 4 atom stereocenters. The molecular formula is C6H27BaO16P. The SMILES string of the molecule is O.O.O.O.O.O.O.O=C[C@H](O)[C@@H](O)[C@H](O)[C@H](O)COP(=O)(O)O.[Ba]. The molecule has 18 heteroatoms. The molecule has 0 unspecified atom stereocenters. The van der Waals surface area contributed by atoms with Crippen LogP contribution in [0.5, 0.6) is 0 Å². The van der Waals surface area contributed by atoms with Gasteiger partial charge in [0.1, 0.15) is 24.4 Å². The minimum absolute atomic E-state index is 0. The number of phosphoric ester groups is 1. The van der Waals surface area contributed by atoms with Crippen LogP contribution < -0.4 is 0 Å². The van der Waals surface area contributed by atoms with E-state index in [9.17, 15) is 9.36 Å². The van der Waals surface area contributed by atoms with Crippen molar-refractivity contribution >= 4 is 63.0 Å². The second-order valence-electron chi connectivity index (χ2n) is 2.96. The van der Waals surface area contributed by atoms with Gasteiger partial charge in [0, 0.05) is 48.9 Å². The fourth-order valence-electron chi connectivity index (χ4n) is 0.782. The maximum atomic E-state index is 10.2. The Balaban J connectivity index is -0.0000000402. The standard InChI is InChI=1S/C6H13O9P.Ba.7H2O/c7-1-3(8)5(10)6(11)4(9)2-15-16(12,13)14;;;;;;;;/h1,3-6,8-11H,2H2,(H2,12,13,14);;7*1H2/t3-,4+,5+,6+;;;;;;;;/m0......../s1. The third kappa shape index (κ3) is 25.2. The van der Waals surface area contributed by atoms with Crippen molar-refractivity contribution < 1.29 is 82.4 Å². The second kappa shape index (κ2) is 26.1. The summed E-state index contributed by atoms with van der Waals surface area (Å²) in [5.74, 6) is 0. The van der Waals surface area contributed by atoms with Gasteiger partial charge in [-0.1, -0.05) is 0 Å². The van der Waals surface area contributed by atoms with Crippen LogP contribution in [0.3, 0.4) is 0 Å². The van der Waals surface area contributed by atoms with Gasteiger partial charge in [-0.2, -0.15) is 0 Å². The third-order valence-electron chi connectivity index (χ3n) is 1.65. The Labute approximate surface area is 175 Å². The third-order valence-corrected chi connectivity index (χ3v) is 2.13. The first kappa shape index (κ1) is 56.3. The Bertz CT molecular complexity index is 273. The molecular weight excluding hydrogens is 496 g/mol. The van der Waals surface area contributed by atoms with Crippen molar-refractivity contribution in [3.63, 3.8) is 0 Å². The number of hydrogen-bond acceptors (Lipinski definition) is 7. The Morgan fingerprint density at radius 3 is 1.42 bits per heavy atom. The van der Waals surface area contributed by atoms with E-state index < -0.39 is 38.8 Å². The maximum Gasteiger partial charge on any atom is 0.469 e. The first-order valence-electron chi connectivity index (χ1n) is 4.06. The predicted octanol–water partition coefficient (Wildman–Crippen LogP) is -9.42. The smallest absolute Gasteiger partial charge is 0.412 e. The maximum absolute atomic E-state index is 10.2. The average Bonchev–Trinajstić information content (AvgIpc) is 2.21. The van der Waals surface area contributed by atoms with Crippen molar-refractivity contribution in [1.82, 2.24) is 0 Å². The summed E-state index contributed by atoms with van der Waals surface area (Å²) in [5.41, 5.74) is 0. The monoisotopic (exact) mass is 524 g/mol. The zero-order chi connectivity index (χ0) is 12.9. The molecule has 0 aliphatic heterocycles. The van der Waals surface area contributed by atoms with E-state index in [0.717, 1.165) is 0 Å². The molecule has 0 rings (SSSR count). The van der Waals surface area contributed by atoms with Crippen LogP contribution in [0.15, 0.2) is 0 Å². The van der Waals surface area contributed by atoms with E-state index in [1.165, 1.54) is 0 Å². The molecule has 16 nitrogen and oxygen atoms in total. The van der Waals surface area contributed by atoms with Crippen molar-refractivity contribution in [3.05, 3.63) is 0 Å². The molecule has 0 aliphatic carbocycles. The van der Waals surface area contributed by atoms with Crippen LogP contribution in [0.25, 0.3) is 0 Å². The molecule has 0 spiro atoms. The first-order chi connectivity index (χ1) is 7.19. The van der Waals surface area contributed by atoms with Gasteiger partial charge in [-0.05, 0) is 0 Å². The second-order valence-corrected chi connectivity index (χ2v) is 4.20. The van der Waals surface area contributed by atoms with Crippen LogP contribution in [0.1, 0.15) is 0 Å². The first-order valence-corrected chi connectivity index (χ1v) is 5.59. The summed E-state index contributed by atoms with van der Waals surface area (Å²) in [4.78, 5) is 26.6. The van der Waals surface area contributed by atoms with Gasteiger partial charge in [-0.25, -0.2) is 4.57 Å². The normalized spacial score (nSPS) is 13.2. The van der Waals surface area contributed by atoms with Crippen molar-refractivity contribution in [3.8, 4) is 0 Å². The van der Waals surface area contributed by atoms with Gasteiger partial charge < -0.3 is 73.3 Å². The molecule has 0 fully saturated rings. The molecule has 2 radical (unpaired) electrons. The van der Waals surface area contributed by atoms with E-state index in [0.29, 0.717) is 0 Å². The van der Waals surface area contributed by atoms with Crippen molar-refractivity contribution in [2.45, 2.75) is 24.4 Å². The van der Waals surface area contributed by atoms with Crippen LogP contribution in [0.4, 0.5) is 0 Å². The van der Waals surface area contributed by atoms with Crippen LogP contribution in [0.2, 0.25) is 0 Å². The topological polar surface area (TPSA) is 385 Å². The molecule has 0 saturated carbocycles. The van der Waals surface area contributed by atoms with Gasteiger partial charge in [0.15, 0.2) is 6.29 Å². The molecule has 20 N–H and O–H groups in total. The number of phosphoric acid groups is 1. The summed E-state index contributed by atoms with van der Waals surface area (Å²) in [5, 5.41) is 36.1. The zero-order valence-electron chi connectivity index (χ0n) is 12.2. The van der Waals surface area contributed by atoms with Gasteiger partial charge in [0.25, 0.3) is 0 Å². The molecule has 0 amide bonds. The van der Waals surface area contributed by atoms with Crippen LogP contribution in [-0.2, 0) is 13.9 Å². The van der Waals surface area contributed by atoms with Gasteiger partial charge in [-0.3, -0.25) is 4.52 Å². The van der Waals surface area contributed by atoms with E-state index in [1.54, 1.807) is 0 Å². The molecule has 0 aromatic rings. The summed E-state index contributed by atoms with van der Waals surface area (Å²) in [6, 6.07) is 0. The number of hydrogen-bond donors (Lipinski definition) is 6. The molecule has 0 saturated heterocycles. The summed E-state index contributed by atoms with van der Waals surface area (Å²) >= 11 is 0. The number of rotatable bonds is 7. The van der Waals surface area contributed by atoms with Gasteiger partial charge >= 0.3 is 7.82 Å². The largest absolute Gasteiger partial charge is 0.469 e. The van der Waals surface area contributed by atoms with Crippen molar-refractivity contribution in [1.29, 1.82) is 0 Å². The van der Waals surface area contributed by atoms with E-state index >= 15 is 0 Å². The fourth-order valence-corrected chi connectivity index (χ4v) is 1.13. The fraction of sp³-hybridized carbons (Fsp3) is 0.833. The Kier molecular flexibility index (Phi) is 61.3. The van der Waals surface area contributed by atoms with Gasteiger partial charge in [0.05, 0.1) is 6.61 Å². The van der Waals surface area contributed by atoms with E-state index in [2.05, 4.69) is 4.52 Å². The zero-order valence-corrected chi connectivity index (χ0v) is 17.5. The molecule has 154 valence electrons. The van der Waals surface area contributed by atoms with Crippen molar-refractivity contribution in [2.24, 2.45) is 0 Å². The van der Waals surface area contributed by atoms with Gasteiger partial charge in [0.2, 0.25) is 0 Å².